The number of nitrogens with zero attached hydrogens (tertiary/aromatic N) is 2. The average molecular weight is 421 g/mol. The number of non-ortho nitro benzene ring substituents is 1. The molecule has 1 atom stereocenters. The van der Waals surface area contributed by atoms with Gasteiger partial charge in [-0.1, -0.05) is 55.5 Å². The lowest BCUT2D eigenvalue weighted by molar-refractivity contribution is -0.384. The molecular weight excluding hydrogens is 396 g/mol. The Labute approximate surface area is 186 Å². The van der Waals surface area contributed by atoms with Crippen molar-refractivity contribution in [2.45, 2.75) is 32.1 Å². The lowest BCUT2D eigenvalue weighted by Gasteiger charge is -2.24. The second kappa shape index (κ2) is 8.39. The van der Waals surface area contributed by atoms with E-state index >= 15 is 0 Å². The molecule has 158 valence electrons. The maximum Gasteiger partial charge on any atom is 0.270 e. The number of hydrogen-bond acceptors (Lipinski definition) is 3. The van der Waals surface area contributed by atoms with Crippen LogP contribution in [0.3, 0.4) is 0 Å². The molecule has 0 saturated heterocycles. The third-order valence-electron chi connectivity index (χ3n) is 6.50. The molecule has 1 aromatic heterocycles. The topological polar surface area (TPSA) is 56.0 Å². The molecule has 6 rings (SSSR count). The first-order valence-corrected chi connectivity index (χ1v) is 11.0. The van der Waals surface area contributed by atoms with Crippen molar-refractivity contribution in [2.24, 2.45) is 0 Å². The van der Waals surface area contributed by atoms with Crippen LogP contribution in [0.4, 0.5) is 5.69 Å². The van der Waals surface area contributed by atoms with Crippen LogP contribution in [-0.4, -0.2) is 9.91 Å². The van der Waals surface area contributed by atoms with Crippen LogP contribution in [0, 0.1) is 10.1 Å². The lowest BCUT2D eigenvalue weighted by Crippen LogP contribution is -2.07. The summed E-state index contributed by atoms with van der Waals surface area (Å²) in [6.45, 7) is 2.30. The molecule has 0 aliphatic heterocycles. The Morgan fingerprint density at radius 1 is 0.875 bits per heavy atom. The highest BCUT2D eigenvalue weighted by atomic mass is 16.6. The highest BCUT2D eigenvalue weighted by Crippen LogP contribution is 2.38. The van der Waals surface area contributed by atoms with Gasteiger partial charge in [0.05, 0.1) is 4.92 Å². The van der Waals surface area contributed by atoms with Gasteiger partial charge >= 0.3 is 0 Å². The normalized spacial score (nSPS) is 15.2. The van der Waals surface area contributed by atoms with Crippen molar-refractivity contribution in [1.82, 2.24) is 4.98 Å². The first-order chi connectivity index (χ1) is 15.6. The molecule has 1 heterocycles. The van der Waals surface area contributed by atoms with Crippen molar-refractivity contribution in [3.8, 4) is 0 Å². The van der Waals surface area contributed by atoms with E-state index < -0.39 is 0 Å². The molecule has 0 radical (unpaired) electrons. The van der Waals surface area contributed by atoms with Crippen molar-refractivity contribution >= 4 is 38.0 Å². The monoisotopic (exact) mass is 420 g/mol. The van der Waals surface area contributed by atoms with Crippen molar-refractivity contribution in [3.63, 3.8) is 0 Å². The Morgan fingerprint density at radius 3 is 2.47 bits per heavy atom. The average Bonchev–Trinajstić information content (AvgIpc) is 2.84. The van der Waals surface area contributed by atoms with Crippen molar-refractivity contribution in [1.29, 1.82) is 0 Å². The zero-order valence-corrected chi connectivity index (χ0v) is 18.0. The molecule has 4 nitrogen and oxygen atoms in total. The quantitative estimate of drug-likeness (QED) is 0.160. The van der Waals surface area contributed by atoms with Gasteiger partial charge in [-0.05, 0) is 80.8 Å². The van der Waals surface area contributed by atoms with Gasteiger partial charge < -0.3 is 0 Å². The Balaban J connectivity index is 0.000000180. The van der Waals surface area contributed by atoms with E-state index in [0.29, 0.717) is 5.92 Å². The number of nitro benzene ring substituents is 1. The van der Waals surface area contributed by atoms with Gasteiger partial charge in [0, 0.05) is 24.5 Å². The molecular formula is C28H24N2O2. The van der Waals surface area contributed by atoms with E-state index in [2.05, 4.69) is 42.2 Å². The van der Waals surface area contributed by atoms with Gasteiger partial charge in [-0.3, -0.25) is 15.1 Å². The largest absolute Gasteiger partial charge is 0.270 e. The van der Waals surface area contributed by atoms with Crippen molar-refractivity contribution in [2.75, 3.05) is 0 Å². The molecule has 0 saturated carbocycles. The fraction of sp³-hybridized carbons (Fsp3) is 0.179. The third kappa shape index (κ3) is 3.69. The van der Waals surface area contributed by atoms with Gasteiger partial charge in [0.1, 0.15) is 0 Å². The highest BCUT2D eigenvalue weighted by molar-refractivity contribution is 6.09. The van der Waals surface area contributed by atoms with Crippen LogP contribution < -0.4 is 0 Å². The van der Waals surface area contributed by atoms with Crippen LogP contribution in [0.2, 0.25) is 0 Å². The number of nitro groups is 1. The second-order valence-corrected chi connectivity index (χ2v) is 8.47. The minimum atomic E-state index is -0.335. The standard InChI is InChI=1S/C19H17NO2.C9H7N/c1-12-3-2-4-17-15(12)9-10-18-16-8-6-14(20(21)22)11-13(16)5-7-19(17)18;1-2-4-9-7-10-6-5-8(9)3-1/h5-12H,2-4H2,1H3;1-7H. The van der Waals surface area contributed by atoms with E-state index in [-0.39, 0.29) is 10.6 Å². The Kier molecular flexibility index (Phi) is 5.28. The summed E-state index contributed by atoms with van der Waals surface area (Å²) in [7, 11) is 0. The Hall–Kier alpha value is -3.79. The molecule has 0 amide bonds. The van der Waals surface area contributed by atoms with E-state index in [9.17, 15) is 10.1 Å². The summed E-state index contributed by atoms with van der Waals surface area (Å²) in [5.74, 6) is 0.626. The summed E-state index contributed by atoms with van der Waals surface area (Å²) in [6, 6.07) is 23.9. The summed E-state index contributed by atoms with van der Waals surface area (Å²) < 4.78 is 0. The molecule has 4 heteroatoms. The van der Waals surface area contributed by atoms with Crippen LogP contribution >= 0.6 is 0 Å². The zero-order valence-electron chi connectivity index (χ0n) is 18.0. The summed E-state index contributed by atoms with van der Waals surface area (Å²) in [5, 5.41) is 17.9. The summed E-state index contributed by atoms with van der Waals surface area (Å²) in [5.41, 5.74) is 3.09. The van der Waals surface area contributed by atoms with Crippen molar-refractivity contribution in [3.05, 3.63) is 106 Å². The molecule has 1 unspecified atom stereocenters. The fourth-order valence-electron chi connectivity index (χ4n) is 4.83. The maximum atomic E-state index is 10.9. The molecule has 1 aliphatic carbocycles. The summed E-state index contributed by atoms with van der Waals surface area (Å²) in [6.07, 6.45) is 7.32. The number of pyridine rings is 1. The predicted octanol–water partition coefficient (Wildman–Crippen LogP) is 7.58. The summed E-state index contributed by atoms with van der Waals surface area (Å²) >= 11 is 0. The van der Waals surface area contributed by atoms with Crippen LogP contribution in [0.15, 0.2) is 85.2 Å². The first kappa shape index (κ1) is 20.1. The molecule has 0 N–H and O–H groups in total. The maximum absolute atomic E-state index is 10.9. The second-order valence-electron chi connectivity index (χ2n) is 8.47. The first-order valence-electron chi connectivity index (χ1n) is 11.0. The van der Waals surface area contributed by atoms with Crippen LogP contribution in [0.5, 0.6) is 0 Å². The molecule has 32 heavy (non-hydrogen) atoms. The van der Waals surface area contributed by atoms with Gasteiger partial charge in [0.15, 0.2) is 0 Å². The van der Waals surface area contributed by atoms with Gasteiger partial charge in [-0.2, -0.15) is 0 Å². The number of fused-ring (bicyclic) bond motifs is 6. The minimum Gasteiger partial charge on any atom is -0.264 e. The minimum absolute atomic E-state index is 0.151. The van der Waals surface area contributed by atoms with E-state index in [4.69, 9.17) is 0 Å². The van der Waals surface area contributed by atoms with Gasteiger partial charge in [-0.15, -0.1) is 0 Å². The molecule has 0 spiro atoms. The van der Waals surface area contributed by atoms with E-state index in [0.717, 1.165) is 17.2 Å². The molecule has 1 aliphatic rings. The van der Waals surface area contributed by atoms with E-state index in [1.165, 1.54) is 45.5 Å². The lowest BCUT2D eigenvalue weighted by atomic mass is 9.81. The van der Waals surface area contributed by atoms with E-state index in [1.807, 2.05) is 42.7 Å². The van der Waals surface area contributed by atoms with Crippen LogP contribution in [0.1, 0.15) is 36.8 Å². The third-order valence-corrected chi connectivity index (χ3v) is 6.50. The number of hydrogen-bond donors (Lipinski definition) is 0. The fourth-order valence-corrected chi connectivity index (χ4v) is 4.83. The number of aromatic nitrogens is 1. The van der Waals surface area contributed by atoms with Gasteiger partial charge in [-0.25, -0.2) is 0 Å². The smallest absolute Gasteiger partial charge is 0.264 e. The molecule has 0 bridgehead atoms. The van der Waals surface area contributed by atoms with E-state index in [1.54, 1.807) is 12.1 Å². The van der Waals surface area contributed by atoms with Crippen LogP contribution in [0.25, 0.3) is 32.3 Å². The van der Waals surface area contributed by atoms with Gasteiger partial charge in [0.2, 0.25) is 0 Å². The Bertz CT molecular complexity index is 1390. The number of benzene rings is 4. The summed E-state index contributed by atoms with van der Waals surface area (Å²) in [4.78, 5) is 14.6. The predicted molar refractivity (Wildman–Crippen MR) is 131 cm³/mol. The number of aryl methyl sites for hydroxylation is 1. The molecule has 4 aromatic carbocycles. The zero-order chi connectivity index (χ0) is 22.1. The highest BCUT2D eigenvalue weighted by Gasteiger charge is 2.19. The van der Waals surface area contributed by atoms with Crippen LogP contribution in [-0.2, 0) is 6.42 Å². The molecule has 5 aromatic rings. The Morgan fingerprint density at radius 2 is 1.66 bits per heavy atom. The SMILES string of the molecule is CC1CCCc2c1ccc1c2ccc2cc([N+](=O)[O-])ccc21.c1ccc2cnccc2c1. The van der Waals surface area contributed by atoms with Crippen molar-refractivity contribution < 1.29 is 4.92 Å². The number of rotatable bonds is 1. The molecule has 0 fully saturated rings. The van der Waals surface area contributed by atoms with Gasteiger partial charge in [0.25, 0.3) is 5.69 Å².